The van der Waals surface area contributed by atoms with Crippen molar-refractivity contribution in [1.29, 1.82) is 0 Å². The van der Waals surface area contributed by atoms with E-state index in [2.05, 4.69) is 16.7 Å². The molecule has 1 aromatic carbocycles. The van der Waals surface area contributed by atoms with Gasteiger partial charge in [-0.1, -0.05) is 76.4 Å². The molecule has 2 spiro atoms. The second-order valence-electron chi connectivity index (χ2n) is 14.2. The van der Waals surface area contributed by atoms with Crippen LogP contribution in [0.15, 0.2) is 77.4 Å². The van der Waals surface area contributed by atoms with E-state index in [4.69, 9.17) is 9.47 Å². The van der Waals surface area contributed by atoms with Crippen LogP contribution in [-0.2, 0) is 4.74 Å². The van der Waals surface area contributed by atoms with E-state index in [0.717, 1.165) is 24.2 Å². The summed E-state index contributed by atoms with van der Waals surface area (Å²) >= 11 is 0. The minimum atomic E-state index is -2.25. The zero-order chi connectivity index (χ0) is 34.3. The summed E-state index contributed by atoms with van der Waals surface area (Å²) in [6.45, 7) is 1.56. The molecule has 1 saturated carbocycles. The van der Waals surface area contributed by atoms with E-state index < -0.39 is 64.8 Å². The molecule has 3 aliphatic heterocycles. The largest absolute Gasteiger partial charge is 0.511 e. The van der Waals surface area contributed by atoms with Crippen LogP contribution in [0.5, 0.6) is 5.75 Å². The Morgan fingerprint density at radius 3 is 2.65 bits per heavy atom. The average molecular weight is 709 g/mol. The number of hydrogen-bond donors (Lipinski definition) is 7. The number of ether oxygens (including phenoxy) is 2. The number of allylic oxidation sites excluding steroid dienone is 6. The van der Waals surface area contributed by atoms with Gasteiger partial charge in [0.1, 0.15) is 40.3 Å². The maximum atomic E-state index is 14.8. The first-order chi connectivity index (χ1) is 23.5. The van der Waals surface area contributed by atoms with Gasteiger partial charge in [0.15, 0.2) is 11.6 Å². The van der Waals surface area contributed by atoms with Gasteiger partial charge in [-0.25, -0.2) is 0 Å². The Hall–Kier alpha value is -3.04. The van der Waals surface area contributed by atoms with Gasteiger partial charge in [-0.3, -0.25) is 9.59 Å². The van der Waals surface area contributed by atoms with Gasteiger partial charge in [-0.2, -0.15) is 0 Å². The fourth-order valence-corrected chi connectivity index (χ4v) is 11.6. The molecule has 0 radical (unpaired) electrons. The predicted octanol–water partition coefficient (Wildman–Crippen LogP) is 3.05. The number of dihydropyridines is 1. The fourth-order valence-electron chi connectivity index (χ4n) is 9.30. The number of aliphatic hydroxyl groups is 5. The second kappa shape index (κ2) is 11.8. The van der Waals surface area contributed by atoms with Crippen molar-refractivity contribution in [2.45, 2.75) is 62.3 Å². The summed E-state index contributed by atoms with van der Waals surface area (Å²) < 4.78 is 12.5. The van der Waals surface area contributed by atoms with Crippen LogP contribution in [0.3, 0.4) is 0 Å². The van der Waals surface area contributed by atoms with Gasteiger partial charge < -0.3 is 45.6 Å². The molecule has 0 unspecified atom stereocenters. The van der Waals surface area contributed by atoms with Gasteiger partial charge in [0, 0.05) is 29.2 Å². The Kier molecular flexibility index (Phi) is 7.95. The molecular weight excluding hydrogens is 669 g/mol. The fraction of sp³-hybridized carbons (Fsp3) is 0.500. The van der Waals surface area contributed by atoms with E-state index in [-0.39, 0.29) is 34.2 Å². The zero-order valence-electron chi connectivity index (χ0n) is 26.9. The van der Waals surface area contributed by atoms with Crippen molar-refractivity contribution in [3.05, 3.63) is 88.5 Å². The summed E-state index contributed by atoms with van der Waals surface area (Å²) in [6, 6.07) is 4.59. The first kappa shape index (κ1) is 33.1. The number of aliphatic hydroxyl groups excluding tert-OH is 4. The van der Waals surface area contributed by atoms with Crippen molar-refractivity contribution in [1.82, 2.24) is 10.6 Å². The van der Waals surface area contributed by atoms with E-state index in [1.54, 1.807) is 31.2 Å². The summed E-state index contributed by atoms with van der Waals surface area (Å²) in [4.78, 5) is 29.0. The smallest absolute Gasteiger partial charge is 0.230 e. The SMILES string of the molecule is CC1=C[C@@H]2C(=O)c3cccc4c3C(=O)[C@]2(CSSCNC2=CC(=CCN2)C2(CCCC2)[C@H]2C=C[C@]3(CO)O[C@@H](O4)[C@H](O)[C@@]2(O)[C@@H]3O)C(O)=C1. The van der Waals surface area contributed by atoms with Gasteiger partial charge in [0.25, 0.3) is 0 Å². The molecule has 3 heterocycles. The minimum Gasteiger partial charge on any atom is -0.511 e. The highest BCUT2D eigenvalue weighted by molar-refractivity contribution is 8.76. The third-order valence-electron chi connectivity index (χ3n) is 11.8. The Bertz CT molecular complexity index is 1770. The number of carbonyl (C=O) groups is 2. The zero-order valence-corrected chi connectivity index (χ0v) is 28.6. The molecule has 4 aliphatic carbocycles. The van der Waals surface area contributed by atoms with Crippen LogP contribution in [0, 0.1) is 22.7 Å². The Morgan fingerprint density at radius 2 is 1.88 bits per heavy atom. The maximum Gasteiger partial charge on any atom is 0.230 e. The summed E-state index contributed by atoms with van der Waals surface area (Å²) in [5.74, 6) is -1.62. The molecule has 1 aromatic rings. The lowest BCUT2D eigenvalue weighted by Gasteiger charge is -2.60. The standard InChI is InChI=1S/C36H40N2O9S2/c1-19-13-22-28(41)21-5-4-6-23-27(21)29(42)35(22,25(40)14-19)17-48-49-18-38-26-15-20(8-12-37-26)33(9-2-3-10-33)24-7-11-34(16-39)32(44)36(24,45)30(43)31(46-23)47-34/h4-8,11,13-15,22,24,30-32,37-40,43-45H,2-3,9-10,12,16-18H2,1H3/t22-,24-,30+,31-,32-,34-,35+,36-/m1/s1. The van der Waals surface area contributed by atoms with Crippen LogP contribution in [0.1, 0.15) is 53.3 Å². The molecule has 0 aromatic heterocycles. The van der Waals surface area contributed by atoms with Crippen molar-refractivity contribution < 1.29 is 44.6 Å². The number of Topliss-reactive ketones (excluding diaryl/α,β-unsaturated/α-hetero) is 2. The van der Waals surface area contributed by atoms with Gasteiger partial charge in [0.2, 0.25) is 6.29 Å². The van der Waals surface area contributed by atoms with E-state index >= 15 is 0 Å². The predicted molar refractivity (Wildman–Crippen MR) is 184 cm³/mol. The van der Waals surface area contributed by atoms with Crippen molar-refractivity contribution in [2.75, 3.05) is 24.8 Å². The monoisotopic (exact) mass is 708 g/mol. The highest BCUT2D eigenvalue weighted by atomic mass is 33.1. The molecule has 1 saturated heterocycles. The minimum absolute atomic E-state index is 0.0630. The lowest BCUT2D eigenvalue weighted by Crippen LogP contribution is -2.78. The number of benzene rings is 1. The van der Waals surface area contributed by atoms with Crippen LogP contribution >= 0.6 is 21.6 Å². The molecule has 2 fully saturated rings. The molecule has 7 bridgehead atoms. The number of ketones is 2. The van der Waals surface area contributed by atoms with Crippen LogP contribution in [0.2, 0.25) is 0 Å². The lowest BCUT2D eigenvalue weighted by molar-refractivity contribution is -0.355. The summed E-state index contributed by atoms with van der Waals surface area (Å²) in [5, 5.41) is 65.6. The Labute approximate surface area is 291 Å². The van der Waals surface area contributed by atoms with Gasteiger partial charge >= 0.3 is 0 Å². The summed E-state index contributed by atoms with van der Waals surface area (Å²) in [5.41, 5.74) is -4.67. The van der Waals surface area contributed by atoms with Gasteiger partial charge in [0.05, 0.1) is 29.8 Å². The first-order valence-corrected chi connectivity index (χ1v) is 19.2. The molecule has 7 N–H and O–H groups in total. The molecule has 8 atom stereocenters. The van der Waals surface area contributed by atoms with E-state index in [1.165, 1.54) is 39.8 Å². The van der Waals surface area contributed by atoms with Crippen LogP contribution in [0.4, 0.5) is 0 Å². The molecule has 8 rings (SSSR count). The molecule has 260 valence electrons. The number of rotatable bonds is 1. The third kappa shape index (κ3) is 4.56. The summed E-state index contributed by atoms with van der Waals surface area (Å²) in [6.07, 6.45) is 8.56. The number of fused-ring (bicyclic) bond motifs is 5. The van der Waals surface area contributed by atoms with Gasteiger partial charge in [-0.05, 0) is 43.6 Å². The van der Waals surface area contributed by atoms with E-state index in [1.807, 2.05) is 6.08 Å². The maximum absolute atomic E-state index is 14.8. The molecule has 49 heavy (non-hydrogen) atoms. The third-order valence-corrected chi connectivity index (χ3v) is 14.0. The topological polar surface area (TPSA) is 178 Å². The average Bonchev–Trinajstić information content (AvgIpc) is 3.59. The number of carbonyl (C=O) groups excluding carboxylic acids is 2. The Morgan fingerprint density at radius 1 is 1.08 bits per heavy atom. The molecule has 13 heteroatoms. The van der Waals surface area contributed by atoms with Crippen LogP contribution in [0.25, 0.3) is 0 Å². The lowest BCUT2D eigenvalue weighted by atomic mass is 9.54. The first-order valence-electron chi connectivity index (χ1n) is 16.7. The van der Waals surface area contributed by atoms with E-state index in [0.29, 0.717) is 30.8 Å². The van der Waals surface area contributed by atoms with Crippen molar-refractivity contribution in [3.8, 4) is 5.75 Å². The summed E-state index contributed by atoms with van der Waals surface area (Å²) in [7, 11) is 2.84. The highest BCUT2D eigenvalue weighted by Gasteiger charge is 2.70. The molecule has 7 aliphatic rings. The second-order valence-corrected chi connectivity index (χ2v) is 16.7. The quantitative estimate of drug-likeness (QED) is 0.168. The highest BCUT2D eigenvalue weighted by Crippen LogP contribution is 2.60. The molecule has 0 amide bonds. The van der Waals surface area contributed by atoms with Crippen LogP contribution in [-0.4, -0.2) is 91.6 Å². The van der Waals surface area contributed by atoms with Gasteiger partial charge in [-0.15, -0.1) is 0 Å². The number of nitrogens with one attached hydrogen (secondary N) is 2. The number of hydrogen-bond acceptors (Lipinski definition) is 13. The van der Waals surface area contributed by atoms with Crippen molar-refractivity contribution in [3.63, 3.8) is 0 Å². The van der Waals surface area contributed by atoms with E-state index in [9.17, 15) is 35.1 Å². The molecule has 11 nitrogen and oxygen atoms in total. The van der Waals surface area contributed by atoms with Crippen molar-refractivity contribution >= 4 is 33.2 Å². The van der Waals surface area contributed by atoms with Crippen molar-refractivity contribution in [2.24, 2.45) is 22.7 Å². The Balaban J connectivity index is 1.31. The van der Waals surface area contributed by atoms with Crippen LogP contribution < -0.4 is 15.4 Å². The normalized spacial score (nSPS) is 39.2. The molecular formula is C36H40N2O9S2.